The van der Waals surface area contributed by atoms with Gasteiger partial charge >= 0.3 is 0 Å². The van der Waals surface area contributed by atoms with Crippen molar-refractivity contribution in [1.29, 1.82) is 0 Å². The molecule has 170 valence electrons. The maximum Gasteiger partial charge on any atom is 0.254 e. The van der Waals surface area contributed by atoms with E-state index < -0.39 is 10.0 Å². The van der Waals surface area contributed by atoms with Crippen molar-refractivity contribution >= 4 is 15.9 Å². The van der Waals surface area contributed by atoms with Crippen molar-refractivity contribution in [2.75, 3.05) is 33.2 Å². The minimum absolute atomic E-state index is 0.0814. The molecule has 1 aromatic carbocycles. The number of furan rings is 1. The van der Waals surface area contributed by atoms with Crippen molar-refractivity contribution in [2.45, 2.75) is 51.1 Å². The van der Waals surface area contributed by atoms with Crippen LogP contribution in [0.4, 0.5) is 0 Å². The smallest absolute Gasteiger partial charge is 0.254 e. The van der Waals surface area contributed by atoms with E-state index in [1.165, 1.54) is 10.4 Å². The van der Waals surface area contributed by atoms with Crippen LogP contribution in [0.15, 0.2) is 45.9 Å². The van der Waals surface area contributed by atoms with Gasteiger partial charge in [-0.3, -0.25) is 4.79 Å². The van der Waals surface area contributed by atoms with E-state index in [1.807, 2.05) is 30.9 Å². The van der Waals surface area contributed by atoms with E-state index >= 15 is 0 Å². The number of nitrogens with zero attached hydrogens (tertiary/aromatic N) is 3. The van der Waals surface area contributed by atoms with Crippen LogP contribution in [0.25, 0.3) is 0 Å². The highest BCUT2D eigenvalue weighted by Gasteiger charge is 2.30. The molecule has 3 rings (SSSR count). The maximum atomic E-state index is 13.6. The van der Waals surface area contributed by atoms with Crippen molar-refractivity contribution in [3.8, 4) is 0 Å². The highest BCUT2D eigenvalue weighted by atomic mass is 32.2. The van der Waals surface area contributed by atoms with Gasteiger partial charge in [-0.05, 0) is 69.7 Å². The molecule has 0 spiro atoms. The summed E-state index contributed by atoms with van der Waals surface area (Å²) >= 11 is 0. The number of piperidine rings is 1. The third kappa shape index (κ3) is 5.19. The van der Waals surface area contributed by atoms with Gasteiger partial charge in [0.25, 0.3) is 5.91 Å². The average Bonchev–Trinajstić information content (AvgIpc) is 3.26. The number of carbonyl (C=O) groups is 1. The van der Waals surface area contributed by atoms with E-state index in [9.17, 15) is 13.2 Å². The molecule has 2 heterocycles. The fourth-order valence-electron chi connectivity index (χ4n) is 4.12. The van der Waals surface area contributed by atoms with Crippen LogP contribution in [0.3, 0.4) is 0 Å². The Balaban J connectivity index is 1.95. The minimum atomic E-state index is -3.66. The predicted octanol–water partition coefficient (Wildman–Crippen LogP) is 3.36. The Morgan fingerprint density at radius 2 is 1.84 bits per heavy atom. The number of carbonyl (C=O) groups excluding carboxylic acids is 1. The molecule has 0 saturated carbocycles. The second kappa shape index (κ2) is 9.97. The van der Waals surface area contributed by atoms with E-state index in [-0.39, 0.29) is 16.8 Å². The SMILES string of the molecule is CCN(CC)S(=O)(=O)c1cc(C(=O)N(Cc2ccco2)C2CCN(C)CC2)ccc1C. The predicted molar refractivity (Wildman–Crippen MR) is 120 cm³/mol. The quantitative estimate of drug-likeness (QED) is 0.620. The van der Waals surface area contributed by atoms with Crippen molar-refractivity contribution in [2.24, 2.45) is 0 Å². The zero-order chi connectivity index (χ0) is 22.6. The second-order valence-corrected chi connectivity index (χ2v) is 10.0. The summed E-state index contributed by atoms with van der Waals surface area (Å²) in [7, 11) is -1.58. The summed E-state index contributed by atoms with van der Waals surface area (Å²) in [6.45, 7) is 8.37. The van der Waals surface area contributed by atoms with E-state index in [0.29, 0.717) is 30.8 Å². The van der Waals surface area contributed by atoms with Crippen LogP contribution in [0, 0.1) is 6.92 Å². The Morgan fingerprint density at radius 1 is 1.16 bits per heavy atom. The lowest BCUT2D eigenvalue weighted by atomic mass is 10.0. The minimum Gasteiger partial charge on any atom is -0.467 e. The Morgan fingerprint density at radius 3 is 2.42 bits per heavy atom. The molecular formula is C23H33N3O4S. The molecule has 7 nitrogen and oxygen atoms in total. The molecule has 2 aromatic rings. The first-order valence-corrected chi connectivity index (χ1v) is 12.3. The van der Waals surface area contributed by atoms with Gasteiger partial charge in [-0.15, -0.1) is 0 Å². The van der Waals surface area contributed by atoms with Crippen LogP contribution < -0.4 is 0 Å². The van der Waals surface area contributed by atoms with Crippen LogP contribution in [-0.2, 0) is 16.6 Å². The molecule has 0 bridgehead atoms. The third-order valence-electron chi connectivity index (χ3n) is 6.05. The Hall–Kier alpha value is -2.16. The van der Waals surface area contributed by atoms with Gasteiger partial charge in [0, 0.05) is 24.7 Å². The van der Waals surface area contributed by atoms with E-state index in [1.54, 1.807) is 25.3 Å². The Labute approximate surface area is 185 Å². The van der Waals surface area contributed by atoms with Crippen LogP contribution in [0.1, 0.15) is 48.4 Å². The number of hydrogen-bond acceptors (Lipinski definition) is 5. The number of aryl methyl sites for hydroxylation is 1. The van der Waals surface area contributed by atoms with Crippen LogP contribution in [0.5, 0.6) is 0 Å². The largest absolute Gasteiger partial charge is 0.467 e. The first kappa shape index (κ1) is 23.5. The van der Waals surface area contributed by atoms with Crippen molar-refractivity contribution in [3.05, 3.63) is 53.5 Å². The highest BCUT2D eigenvalue weighted by Crippen LogP contribution is 2.25. The standard InChI is InChI=1S/C23H33N3O4S/c1-5-25(6-2)31(28,29)22-16-19(10-9-18(22)3)23(27)26(17-21-8-7-15-30-21)20-11-13-24(4)14-12-20/h7-10,15-16,20H,5-6,11-14,17H2,1-4H3. The molecule has 0 radical (unpaired) electrons. The van der Waals surface area contributed by atoms with E-state index in [2.05, 4.69) is 11.9 Å². The lowest BCUT2D eigenvalue weighted by Gasteiger charge is -2.37. The van der Waals surface area contributed by atoms with Gasteiger partial charge in [0.1, 0.15) is 5.76 Å². The van der Waals surface area contributed by atoms with Gasteiger partial charge in [0.2, 0.25) is 10.0 Å². The first-order chi connectivity index (χ1) is 14.8. The van der Waals surface area contributed by atoms with Gasteiger partial charge < -0.3 is 14.2 Å². The third-order valence-corrected chi connectivity index (χ3v) is 8.25. The Bertz CT molecular complexity index is 976. The molecule has 0 atom stereocenters. The zero-order valence-corrected chi connectivity index (χ0v) is 19.7. The van der Waals surface area contributed by atoms with E-state index in [4.69, 9.17) is 4.42 Å². The van der Waals surface area contributed by atoms with Gasteiger partial charge in [-0.25, -0.2) is 8.42 Å². The molecule has 1 saturated heterocycles. The molecule has 0 aliphatic carbocycles. The van der Waals surface area contributed by atoms with E-state index in [0.717, 1.165) is 31.7 Å². The molecule has 0 N–H and O–H groups in total. The summed E-state index contributed by atoms with van der Waals surface area (Å²) in [5.74, 6) is 0.553. The van der Waals surface area contributed by atoms with Gasteiger partial charge in [0.05, 0.1) is 17.7 Å². The molecule has 1 aromatic heterocycles. The van der Waals surface area contributed by atoms with Crippen LogP contribution in [0.2, 0.25) is 0 Å². The van der Waals surface area contributed by atoms with Gasteiger partial charge in [0.15, 0.2) is 0 Å². The number of hydrogen-bond donors (Lipinski definition) is 0. The molecular weight excluding hydrogens is 414 g/mol. The monoisotopic (exact) mass is 447 g/mol. The topological polar surface area (TPSA) is 74.1 Å². The van der Waals surface area contributed by atoms with Crippen LogP contribution >= 0.6 is 0 Å². The summed E-state index contributed by atoms with van der Waals surface area (Å²) in [5.41, 5.74) is 1.03. The maximum absolute atomic E-state index is 13.6. The molecule has 1 aliphatic rings. The normalized spacial score (nSPS) is 16.0. The fourth-order valence-corrected chi connectivity index (χ4v) is 5.83. The first-order valence-electron chi connectivity index (χ1n) is 10.9. The number of rotatable bonds is 8. The summed E-state index contributed by atoms with van der Waals surface area (Å²) in [4.78, 5) is 17.9. The number of likely N-dealkylation sites (tertiary alicyclic amines) is 1. The van der Waals surface area contributed by atoms with Crippen molar-refractivity contribution < 1.29 is 17.6 Å². The molecule has 1 fully saturated rings. The van der Waals surface area contributed by atoms with Crippen molar-refractivity contribution in [3.63, 3.8) is 0 Å². The average molecular weight is 448 g/mol. The summed E-state index contributed by atoms with van der Waals surface area (Å²) in [6, 6.07) is 8.74. The number of sulfonamides is 1. The molecule has 31 heavy (non-hydrogen) atoms. The van der Waals surface area contributed by atoms with Gasteiger partial charge in [-0.2, -0.15) is 4.31 Å². The Kier molecular flexibility index (Phi) is 7.56. The fraction of sp³-hybridized carbons (Fsp3) is 0.522. The summed E-state index contributed by atoms with van der Waals surface area (Å²) in [5, 5.41) is 0. The molecule has 1 amide bonds. The molecule has 8 heteroatoms. The van der Waals surface area contributed by atoms with Crippen LogP contribution in [-0.4, -0.2) is 67.7 Å². The lowest BCUT2D eigenvalue weighted by Crippen LogP contribution is -2.46. The lowest BCUT2D eigenvalue weighted by molar-refractivity contribution is 0.0550. The summed E-state index contributed by atoms with van der Waals surface area (Å²) < 4.78 is 33.2. The number of benzene rings is 1. The summed E-state index contributed by atoms with van der Waals surface area (Å²) in [6.07, 6.45) is 3.35. The van der Waals surface area contributed by atoms with Crippen molar-refractivity contribution in [1.82, 2.24) is 14.1 Å². The van der Waals surface area contributed by atoms with Gasteiger partial charge in [-0.1, -0.05) is 19.9 Å². The zero-order valence-electron chi connectivity index (χ0n) is 18.9. The molecule has 1 aliphatic heterocycles. The highest BCUT2D eigenvalue weighted by molar-refractivity contribution is 7.89. The number of amides is 1. The molecule has 0 unspecified atom stereocenters. The second-order valence-electron chi connectivity index (χ2n) is 8.12.